The van der Waals surface area contributed by atoms with E-state index in [4.69, 9.17) is 17.2 Å². The molecule has 0 heterocycles. The third kappa shape index (κ3) is 9.01. The smallest absolute Gasteiger partial charge is 0.221 e. The summed E-state index contributed by atoms with van der Waals surface area (Å²) in [5.74, 6) is 0.0988. The third-order valence-corrected chi connectivity index (χ3v) is 1.87. The van der Waals surface area contributed by atoms with Gasteiger partial charge in [0.2, 0.25) is 5.91 Å². The first kappa shape index (κ1) is 13.7. The number of guanidine groups is 1. The van der Waals surface area contributed by atoms with Crippen LogP contribution in [0.3, 0.4) is 0 Å². The monoisotopic (exact) mass is 215 g/mol. The predicted molar refractivity (Wildman–Crippen MR) is 61.2 cm³/mol. The molecule has 1 unspecified atom stereocenters. The highest BCUT2D eigenvalue weighted by molar-refractivity contribution is 5.76. The molecule has 0 aliphatic heterocycles. The molecule has 0 bridgehead atoms. The average Bonchev–Trinajstić information content (AvgIpc) is 2.12. The number of hydrogen-bond acceptors (Lipinski definition) is 3. The first-order valence-electron chi connectivity index (χ1n) is 5.11. The molecule has 0 aromatic rings. The van der Waals surface area contributed by atoms with Crippen LogP contribution in [0.1, 0.15) is 26.2 Å². The second-order valence-corrected chi connectivity index (χ2v) is 3.46. The Kier molecular flexibility index (Phi) is 7.35. The molecule has 0 saturated carbocycles. The van der Waals surface area contributed by atoms with E-state index in [2.05, 4.69) is 10.3 Å². The van der Waals surface area contributed by atoms with Crippen molar-refractivity contribution in [3.63, 3.8) is 0 Å². The van der Waals surface area contributed by atoms with E-state index in [0.29, 0.717) is 19.5 Å². The minimum Gasteiger partial charge on any atom is -0.370 e. The highest BCUT2D eigenvalue weighted by Gasteiger charge is 2.05. The molecule has 6 heteroatoms. The fraction of sp³-hybridized carbons (Fsp3) is 0.778. The maximum Gasteiger partial charge on any atom is 0.221 e. The normalized spacial score (nSPS) is 11.9. The van der Waals surface area contributed by atoms with E-state index in [-0.39, 0.29) is 17.9 Å². The summed E-state index contributed by atoms with van der Waals surface area (Å²) in [7, 11) is 0. The topological polar surface area (TPSA) is 120 Å². The van der Waals surface area contributed by atoms with Crippen LogP contribution in [0.2, 0.25) is 0 Å². The van der Waals surface area contributed by atoms with Gasteiger partial charge in [-0.1, -0.05) is 0 Å². The standard InChI is InChI=1S/C9H21N5O/c1-7(14-8(15)4-5-10)3-2-6-13-9(11)12/h7H,2-6,10H2,1H3,(H,14,15)(H4,11,12,13). The molecule has 0 saturated heterocycles. The summed E-state index contributed by atoms with van der Waals surface area (Å²) in [6.45, 7) is 2.93. The lowest BCUT2D eigenvalue weighted by Gasteiger charge is -2.12. The summed E-state index contributed by atoms with van der Waals surface area (Å²) in [6.07, 6.45) is 2.08. The summed E-state index contributed by atoms with van der Waals surface area (Å²) in [6, 6.07) is 0.137. The lowest BCUT2D eigenvalue weighted by atomic mass is 10.2. The van der Waals surface area contributed by atoms with Crippen LogP contribution in [0.25, 0.3) is 0 Å². The zero-order valence-corrected chi connectivity index (χ0v) is 9.20. The molecule has 1 amide bonds. The van der Waals surface area contributed by atoms with Crippen molar-refractivity contribution in [2.45, 2.75) is 32.2 Å². The second kappa shape index (κ2) is 8.05. The highest BCUT2D eigenvalue weighted by Crippen LogP contribution is 1.97. The zero-order valence-electron chi connectivity index (χ0n) is 9.20. The van der Waals surface area contributed by atoms with Crippen molar-refractivity contribution in [3.05, 3.63) is 0 Å². The number of carbonyl (C=O) groups is 1. The molecule has 1 atom stereocenters. The molecular formula is C9H21N5O. The number of carbonyl (C=O) groups excluding carboxylic acids is 1. The van der Waals surface area contributed by atoms with Crippen LogP contribution >= 0.6 is 0 Å². The maximum atomic E-state index is 11.1. The SMILES string of the molecule is CC(CCCN=C(N)N)NC(=O)CCN. The van der Waals surface area contributed by atoms with E-state index < -0.39 is 0 Å². The van der Waals surface area contributed by atoms with Gasteiger partial charge in [-0.05, 0) is 19.8 Å². The molecule has 0 radical (unpaired) electrons. The predicted octanol–water partition coefficient (Wildman–Crippen LogP) is -1.11. The molecule has 6 nitrogen and oxygen atoms in total. The first-order chi connectivity index (χ1) is 7.06. The second-order valence-electron chi connectivity index (χ2n) is 3.46. The Morgan fingerprint density at radius 1 is 1.47 bits per heavy atom. The highest BCUT2D eigenvalue weighted by atomic mass is 16.1. The number of nitrogens with two attached hydrogens (primary N) is 3. The summed E-state index contributed by atoms with van der Waals surface area (Å²) in [4.78, 5) is 15.0. The van der Waals surface area contributed by atoms with Gasteiger partial charge in [0, 0.05) is 25.6 Å². The van der Waals surface area contributed by atoms with Crippen LogP contribution in [-0.2, 0) is 4.79 Å². The van der Waals surface area contributed by atoms with Crippen molar-refractivity contribution in [1.82, 2.24) is 5.32 Å². The van der Waals surface area contributed by atoms with Gasteiger partial charge in [-0.3, -0.25) is 9.79 Å². The number of nitrogens with one attached hydrogen (secondary N) is 1. The van der Waals surface area contributed by atoms with Gasteiger partial charge in [0.25, 0.3) is 0 Å². The summed E-state index contributed by atoms with van der Waals surface area (Å²) in [5.41, 5.74) is 15.6. The number of hydrogen-bond donors (Lipinski definition) is 4. The van der Waals surface area contributed by atoms with Gasteiger partial charge in [0.05, 0.1) is 0 Å². The van der Waals surface area contributed by atoms with Crippen molar-refractivity contribution >= 4 is 11.9 Å². The molecule has 0 aliphatic rings. The molecule has 0 fully saturated rings. The molecule has 88 valence electrons. The van der Waals surface area contributed by atoms with Gasteiger partial charge in [-0.15, -0.1) is 0 Å². The van der Waals surface area contributed by atoms with E-state index in [1.807, 2.05) is 6.92 Å². The van der Waals surface area contributed by atoms with E-state index in [9.17, 15) is 4.79 Å². The Labute approximate surface area is 90.3 Å². The fourth-order valence-corrected chi connectivity index (χ4v) is 1.16. The lowest BCUT2D eigenvalue weighted by molar-refractivity contribution is -0.121. The molecule has 0 spiro atoms. The molecule has 0 aromatic heterocycles. The summed E-state index contributed by atoms with van der Waals surface area (Å²) < 4.78 is 0. The van der Waals surface area contributed by atoms with Crippen LogP contribution in [0.4, 0.5) is 0 Å². The minimum absolute atomic E-state index is 0.00756. The van der Waals surface area contributed by atoms with Gasteiger partial charge in [-0.25, -0.2) is 0 Å². The van der Waals surface area contributed by atoms with Crippen LogP contribution in [0.5, 0.6) is 0 Å². The molecule has 0 rings (SSSR count). The zero-order chi connectivity index (χ0) is 11.7. The van der Waals surface area contributed by atoms with Crippen LogP contribution in [-0.4, -0.2) is 31.0 Å². The molecule has 7 N–H and O–H groups in total. The average molecular weight is 215 g/mol. The van der Waals surface area contributed by atoms with Crippen LogP contribution < -0.4 is 22.5 Å². The molecule has 0 aromatic carbocycles. The van der Waals surface area contributed by atoms with E-state index >= 15 is 0 Å². The summed E-state index contributed by atoms with van der Waals surface area (Å²) >= 11 is 0. The van der Waals surface area contributed by atoms with Crippen molar-refractivity contribution < 1.29 is 4.79 Å². The van der Waals surface area contributed by atoms with Gasteiger partial charge in [-0.2, -0.15) is 0 Å². The molecular weight excluding hydrogens is 194 g/mol. The van der Waals surface area contributed by atoms with E-state index in [1.54, 1.807) is 0 Å². The minimum atomic E-state index is -0.00756. The largest absolute Gasteiger partial charge is 0.370 e. The number of nitrogens with zero attached hydrogens (tertiary/aromatic N) is 1. The number of amides is 1. The maximum absolute atomic E-state index is 11.1. The van der Waals surface area contributed by atoms with Crippen LogP contribution in [0.15, 0.2) is 4.99 Å². The number of rotatable bonds is 7. The number of aliphatic imine (C=N–C) groups is 1. The van der Waals surface area contributed by atoms with Crippen molar-refractivity contribution in [2.75, 3.05) is 13.1 Å². The van der Waals surface area contributed by atoms with Crippen molar-refractivity contribution in [2.24, 2.45) is 22.2 Å². The Morgan fingerprint density at radius 2 is 2.13 bits per heavy atom. The van der Waals surface area contributed by atoms with Gasteiger partial charge in [0.1, 0.15) is 0 Å². The first-order valence-corrected chi connectivity index (χ1v) is 5.11. The van der Waals surface area contributed by atoms with Crippen LogP contribution in [0, 0.1) is 0 Å². The Balaban J connectivity index is 3.53. The van der Waals surface area contributed by atoms with Gasteiger partial charge >= 0.3 is 0 Å². The van der Waals surface area contributed by atoms with E-state index in [1.165, 1.54) is 0 Å². The fourth-order valence-electron chi connectivity index (χ4n) is 1.16. The Morgan fingerprint density at radius 3 is 2.67 bits per heavy atom. The van der Waals surface area contributed by atoms with E-state index in [0.717, 1.165) is 12.8 Å². The molecule has 0 aliphatic carbocycles. The molecule has 15 heavy (non-hydrogen) atoms. The van der Waals surface area contributed by atoms with Crippen molar-refractivity contribution in [3.8, 4) is 0 Å². The lowest BCUT2D eigenvalue weighted by Crippen LogP contribution is -2.33. The van der Waals surface area contributed by atoms with Gasteiger partial charge < -0.3 is 22.5 Å². The van der Waals surface area contributed by atoms with Crippen molar-refractivity contribution in [1.29, 1.82) is 0 Å². The quantitative estimate of drug-likeness (QED) is 0.244. The third-order valence-electron chi connectivity index (χ3n) is 1.87. The summed E-state index contributed by atoms with van der Waals surface area (Å²) in [5, 5.41) is 2.84. The Hall–Kier alpha value is -1.30. The Bertz CT molecular complexity index is 213. The van der Waals surface area contributed by atoms with Gasteiger partial charge in [0.15, 0.2) is 5.96 Å².